The van der Waals surface area contributed by atoms with Crippen LogP contribution in [-0.4, -0.2) is 29.0 Å². The molecule has 0 aliphatic heterocycles. The lowest BCUT2D eigenvalue weighted by atomic mass is 10.1. The fourth-order valence-corrected chi connectivity index (χ4v) is 3.08. The van der Waals surface area contributed by atoms with E-state index < -0.39 is 0 Å². The van der Waals surface area contributed by atoms with Gasteiger partial charge in [-0.15, -0.1) is 0 Å². The Labute approximate surface area is 145 Å². The summed E-state index contributed by atoms with van der Waals surface area (Å²) in [4.78, 5) is 4.54. The van der Waals surface area contributed by atoms with Crippen LogP contribution in [0.25, 0.3) is 21.8 Å². The number of aromatic nitrogens is 3. The van der Waals surface area contributed by atoms with E-state index in [9.17, 15) is 0 Å². The first-order valence-corrected chi connectivity index (χ1v) is 8.11. The van der Waals surface area contributed by atoms with Gasteiger partial charge in [-0.3, -0.25) is 9.67 Å². The first kappa shape index (κ1) is 15.4. The van der Waals surface area contributed by atoms with Gasteiger partial charge in [0.2, 0.25) is 0 Å². The van der Waals surface area contributed by atoms with E-state index in [1.807, 2.05) is 23.0 Å². The number of nitrogens with zero attached hydrogens (tertiary/aromatic N) is 3. The van der Waals surface area contributed by atoms with E-state index in [1.54, 1.807) is 20.4 Å². The Kier molecular flexibility index (Phi) is 3.76. The van der Waals surface area contributed by atoms with Crippen molar-refractivity contribution in [2.45, 2.75) is 13.5 Å². The minimum Gasteiger partial charge on any atom is -0.493 e. The third-order valence-corrected chi connectivity index (χ3v) is 4.43. The van der Waals surface area contributed by atoms with Gasteiger partial charge in [-0.25, -0.2) is 0 Å². The van der Waals surface area contributed by atoms with Crippen LogP contribution >= 0.6 is 0 Å². The molecule has 0 spiro atoms. The van der Waals surface area contributed by atoms with Crippen LogP contribution in [-0.2, 0) is 6.54 Å². The Balaban J connectivity index is 1.90. The van der Waals surface area contributed by atoms with Crippen LogP contribution in [0.3, 0.4) is 0 Å². The summed E-state index contributed by atoms with van der Waals surface area (Å²) in [6, 6.07) is 12.4. The number of aryl methyl sites for hydroxylation is 1. The highest BCUT2D eigenvalue weighted by atomic mass is 16.5. The van der Waals surface area contributed by atoms with Gasteiger partial charge in [-0.2, -0.15) is 5.10 Å². The molecule has 0 radical (unpaired) electrons. The molecule has 5 nitrogen and oxygen atoms in total. The largest absolute Gasteiger partial charge is 0.493 e. The van der Waals surface area contributed by atoms with Crippen molar-refractivity contribution in [1.82, 2.24) is 14.8 Å². The Morgan fingerprint density at radius 2 is 1.68 bits per heavy atom. The smallest absolute Gasteiger partial charge is 0.161 e. The molecule has 0 N–H and O–H groups in total. The van der Waals surface area contributed by atoms with Gasteiger partial charge < -0.3 is 9.47 Å². The number of pyridine rings is 1. The summed E-state index contributed by atoms with van der Waals surface area (Å²) >= 11 is 0. The normalized spacial score (nSPS) is 11.2. The molecule has 0 bridgehead atoms. The van der Waals surface area contributed by atoms with Crippen LogP contribution in [0.4, 0.5) is 0 Å². The number of hydrogen-bond acceptors (Lipinski definition) is 4. The summed E-state index contributed by atoms with van der Waals surface area (Å²) in [6.45, 7) is 2.78. The summed E-state index contributed by atoms with van der Waals surface area (Å²) < 4.78 is 12.9. The van der Waals surface area contributed by atoms with Crippen molar-refractivity contribution in [2.75, 3.05) is 14.2 Å². The molecule has 5 heteroatoms. The molecule has 4 rings (SSSR count). The van der Waals surface area contributed by atoms with Gasteiger partial charge in [0.25, 0.3) is 0 Å². The van der Waals surface area contributed by atoms with E-state index in [2.05, 4.69) is 41.3 Å². The SMILES string of the molecule is COc1cc2cnc3cnn(Cc4ccc(C)cc4)c3c2cc1OC. The molecule has 0 aliphatic carbocycles. The maximum absolute atomic E-state index is 5.47. The summed E-state index contributed by atoms with van der Waals surface area (Å²) in [7, 11) is 3.28. The zero-order valence-corrected chi connectivity index (χ0v) is 14.5. The molecular formula is C20H19N3O2. The van der Waals surface area contributed by atoms with E-state index in [0.29, 0.717) is 18.0 Å². The molecule has 2 heterocycles. The van der Waals surface area contributed by atoms with E-state index >= 15 is 0 Å². The minimum absolute atomic E-state index is 0.693. The first-order valence-electron chi connectivity index (χ1n) is 8.11. The third kappa shape index (κ3) is 2.67. The second kappa shape index (κ2) is 6.09. The van der Waals surface area contributed by atoms with Crippen LogP contribution in [0.5, 0.6) is 11.5 Å². The lowest BCUT2D eigenvalue weighted by Crippen LogP contribution is -2.02. The molecular weight excluding hydrogens is 314 g/mol. The lowest BCUT2D eigenvalue weighted by Gasteiger charge is -2.11. The van der Waals surface area contributed by atoms with Gasteiger partial charge >= 0.3 is 0 Å². The number of ether oxygens (including phenoxy) is 2. The summed E-state index contributed by atoms with van der Waals surface area (Å²) in [5.41, 5.74) is 4.32. The molecule has 4 aromatic rings. The molecule has 0 fully saturated rings. The molecule has 0 unspecified atom stereocenters. The first-order chi connectivity index (χ1) is 12.2. The fraction of sp³-hybridized carbons (Fsp3) is 0.200. The Morgan fingerprint density at radius 3 is 2.40 bits per heavy atom. The Morgan fingerprint density at radius 1 is 0.960 bits per heavy atom. The zero-order valence-electron chi connectivity index (χ0n) is 14.5. The van der Waals surface area contributed by atoms with Crippen LogP contribution in [0.2, 0.25) is 0 Å². The monoisotopic (exact) mass is 333 g/mol. The number of rotatable bonds is 4. The van der Waals surface area contributed by atoms with Gasteiger partial charge in [0.05, 0.1) is 32.5 Å². The molecule has 25 heavy (non-hydrogen) atoms. The van der Waals surface area contributed by atoms with E-state index in [4.69, 9.17) is 9.47 Å². The zero-order chi connectivity index (χ0) is 17.4. The summed E-state index contributed by atoms with van der Waals surface area (Å²) in [5.74, 6) is 1.39. The van der Waals surface area contributed by atoms with Crippen molar-refractivity contribution < 1.29 is 9.47 Å². The van der Waals surface area contributed by atoms with Gasteiger partial charge in [0.1, 0.15) is 5.52 Å². The maximum atomic E-state index is 5.47. The predicted octanol–water partition coefficient (Wildman–Crippen LogP) is 3.96. The lowest BCUT2D eigenvalue weighted by molar-refractivity contribution is 0.356. The van der Waals surface area contributed by atoms with E-state index in [1.165, 1.54) is 11.1 Å². The Bertz CT molecular complexity index is 1050. The van der Waals surface area contributed by atoms with Crippen molar-refractivity contribution in [3.63, 3.8) is 0 Å². The third-order valence-electron chi connectivity index (χ3n) is 4.43. The highest BCUT2D eigenvalue weighted by molar-refractivity contribution is 6.04. The van der Waals surface area contributed by atoms with Crippen molar-refractivity contribution >= 4 is 21.8 Å². The van der Waals surface area contributed by atoms with Gasteiger partial charge in [-0.1, -0.05) is 29.8 Å². The van der Waals surface area contributed by atoms with E-state index in [-0.39, 0.29) is 0 Å². The molecule has 0 saturated carbocycles. The van der Waals surface area contributed by atoms with Crippen molar-refractivity contribution in [3.8, 4) is 11.5 Å². The minimum atomic E-state index is 0.693. The second-order valence-corrected chi connectivity index (χ2v) is 6.07. The highest BCUT2D eigenvalue weighted by Crippen LogP contribution is 2.35. The average Bonchev–Trinajstić information content (AvgIpc) is 3.05. The van der Waals surface area contributed by atoms with Crippen molar-refractivity contribution in [2.24, 2.45) is 0 Å². The van der Waals surface area contributed by atoms with Crippen molar-refractivity contribution in [1.29, 1.82) is 0 Å². The number of fused-ring (bicyclic) bond motifs is 3. The topological polar surface area (TPSA) is 49.2 Å². The van der Waals surface area contributed by atoms with Crippen LogP contribution < -0.4 is 9.47 Å². The molecule has 126 valence electrons. The summed E-state index contributed by atoms with van der Waals surface area (Å²) in [5, 5.41) is 6.59. The fourth-order valence-electron chi connectivity index (χ4n) is 3.08. The van der Waals surface area contributed by atoms with Crippen molar-refractivity contribution in [3.05, 3.63) is 59.9 Å². The van der Waals surface area contributed by atoms with E-state index in [0.717, 1.165) is 21.8 Å². The molecule has 0 atom stereocenters. The second-order valence-electron chi connectivity index (χ2n) is 6.07. The molecule has 0 saturated heterocycles. The van der Waals surface area contributed by atoms with Crippen LogP contribution in [0.1, 0.15) is 11.1 Å². The molecule has 0 amide bonds. The molecule has 2 aromatic carbocycles. The average molecular weight is 333 g/mol. The number of benzene rings is 2. The quantitative estimate of drug-likeness (QED) is 0.567. The predicted molar refractivity (Wildman–Crippen MR) is 98.4 cm³/mol. The molecule has 2 aromatic heterocycles. The van der Waals surface area contributed by atoms with Gasteiger partial charge in [0.15, 0.2) is 11.5 Å². The number of methoxy groups -OCH3 is 2. The standard InChI is InChI=1S/C20H19N3O2/c1-13-4-6-14(7-5-13)12-23-20-16-9-19(25-3)18(24-2)8-15(16)10-21-17(20)11-22-23/h4-11H,12H2,1-3H3. The van der Waals surface area contributed by atoms with Crippen LogP contribution in [0, 0.1) is 6.92 Å². The maximum Gasteiger partial charge on any atom is 0.161 e. The Hall–Kier alpha value is -3.08. The molecule has 0 aliphatic rings. The highest BCUT2D eigenvalue weighted by Gasteiger charge is 2.13. The van der Waals surface area contributed by atoms with Gasteiger partial charge in [-0.05, 0) is 24.6 Å². The van der Waals surface area contributed by atoms with Gasteiger partial charge in [0, 0.05) is 17.0 Å². The number of hydrogen-bond donors (Lipinski definition) is 0. The van der Waals surface area contributed by atoms with Crippen LogP contribution in [0.15, 0.2) is 48.8 Å². The summed E-state index contributed by atoms with van der Waals surface area (Å²) in [6.07, 6.45) is 3.65.